The lowest BCUT2D eigenvalue weighted by Crippen LogP contribution is -2.27. The number of carbonyl (C=O) groups is 2. The van der Waals surface area contributed by atoms with Crippen LogP contribution < -0.4 is 0 Å². The van der Waals surface area contributed by atoms with Crippen molar-refractivity contribution < 1.29 is 14.7 Å². The molecule has 26 heavy (non-hydrogen) atoms. The Balaban J connectivity index is 1.83. The van der Waals surface area contributed by atoms with Gasteiger partial charge in [0, 0.05) is 24.3 Å². The Morgan fingerprint density at radius 1 is 1.08 bits per heavy atom. The third-order valence-corrected chi connectivity index (χ3v) is 4.56. The van der Waals surface area contributed by atoms with Crippen LogP contribution in [0.2, 0.25) is 5.02 Å². The maximum absolute atomic E-state index is 12.7. The maximum atomic E-state index is 12.7. The lowest BCUT2D eigenvalue weighted by Gasteiger charge is -2.22. The molecule has 0 aromatic heterocycles. The highest BCUT2D eigenvalue weighted by atomic mass is 35.5. The average molecular weight is 371 g/mol. The van der Waals surface area contributed by atoms with Gasteiger partial charge in [-0.1, -0.05) is 54.1 Å². The summed E-state index contributed by atoms with van der Waals surface area (Å²) in [4.78, 5) is 23.3. The van der Waals surface area contributed by atoms with Crippen LogP contribution in [0.3, 0.4) is 0 Å². The Bertz CT molecular complexity index is 819. The first-order valence-corrected chi connectivity index (χ1v) is 8.84. The summed E-state index contributed by atoms with van der Waals surface area (Å²) in [5, 5.41) is 15.5. The molecular formula is C20H19ClN2O3. The molecule has 1 amide bonds. The van der Waals surface area contributed by atoms with Crippen LogP contribution in [0, 0.1) is 0 Å². The topological polar surface area (TPSA) is 70.0 Å². The van der Waals surface area contributed by atoms with Gasteiger partial charge in [0.05, 0.1) is 11.8 Å². The molecule has 0 saturated heterocycles. The zero-order valence-corrected chi connectivity index (χ0v) is 14.9. The number of amides is 1. The van der Waals surface area contributed by atoms with Crippen molar-refractivity contribution in [2.45, 2.75) is 31.7 Å². The Morgan fingerprint density at radius 3 is 2.42 bits per heavy atom. The van der Waals surface area contributed by atoms with Crippen molar-refractivity contribution >= 4 is 29.2 Å². The molecule has 0 saturated carbocycles. The summed E-state index contributed by atoms with van der Waals surface area (Å²) < 4.78 is 0. The molecule has 2 aromatic rings. The number of benzene rings is 2. The number of carboxylic acids is 1. The van der Waals surface area contributed by atoms with Crippen molar-refractivity contribution in [3.05, 3.63) is 70.7 Å². The van der Waals surface area contributed by atoms with E-state index in [9.17, 15) is 9.59 Å². The molecular weight excluding hydrogens is 352 g/mol. The van der Waals surface area contributed by atoms with Crippen LogP contribution >= 0.6 is 11.6 Å². The molecule has 1 aliphatic rings. The fourth-order valence-corrected chi connectivity index (χ4v) is 3.12. The van der Waals surface area contributed by atoms with Gasteiger partial charge in [0.25, 0.3) is 0 Å². The van der Waals surface area contributed by atoms with Crippen molar-refractivity contribution in [3.8, 4) is 0 Å². The molecule has 0 aliphatic carbocycles. The van der Waals surface area contributed by atoms with Crippen LogP contribution in [0.1, 0.15) is 42.9 Å². The second kappa shape index (κ2) is 8.15. The fraction of sp³-hybridized carbons (Fsp3) is 0.250. The third kappa shape index (κ3) is 4.29. The van der Waals surface area contributed by atoms with Gasteiger partial charge in [0.2, 0.25) is 5.91 Å². The summed E-state index contributed by atoms with van der Waals surface area (Å²) in [5.74, 6) is -1.07. The van der Waals surface area contributed by atoms with E-state index in [1.165, 1.54) is 5.01 Å². The molecule has 1 aliphatic heterocycles. The van der Waals surface area contributed by atoms with Crippen molar-refractivity contribution in [1.29, 1.82) is 0 Å². The number of aliphatic carboxylic acids is 1. The smallest absolute Gasteiger partial charge is 0.303 e. The minimum absolute atomic E-state index is 0.0273. The van der Waals surface area contributed by atoms with Crippen LogP contribution in [0.25, 0.3) is 0 Å². The quantitative estimate of drug-likeness (QED) is 0.825. The molecule has 1 N–H and O–H groups in total. The molecule has 0 bridgehead atoms. The first-order chi connectivity index (χ1) is 12.5. The summed E-state index contributed by atoms with van der Waals surface area (Å²) in [5.41, 5.74) is 2.78. The van der Waals surface area contributed by atoms with Crippen LogP contribution in [0.15, 0.2) is 59.7 Å². The number of hydrogen-bond acceptors (Lipinski definition) is 3. The molecule has 5 nitrogen and oxygen atoms in total. The van der Waals surface area contributed by atoms with Gasteiger partial charge >= 0.3 is 5.97 Å². The Hall–Kier alpha value is -2.66. The number of rotatable bonds is 6. The van der Waals surface area contributed by atoms with E-state index < -0.39 is 5.97 Å². The maximum Gasteiger partial charge on any atom is 0.303 e. The minimum Gasteiger partial charge on any atom is -0.481 e. The van der Waals surface area contributed by atoms with E-state index in [1.54, 1.807) is 12.1 Å². The molecule has 2 aromatic carbocycles. The number of hydrazone groups is 1. The standard InChI is InChI=1S/C20H19ClN2O3/c21-16-11-9-15(10-12-16)18-13-17(14-5-2-1-3-6-14)22-23(18)19(24)7-4-8-20(25)26/h1-3,5-6,9-12,18H,4,7-8,13H2,(H,25,26). The number of hydrogen-bond donors (Lipinski definition) is 1. The van der Waals surface area contributed by atoms with Gasteiger partial charge in [0.1, 0.15) is 0 Å². The lowest BCUT2D eigenvalue weighted by atomic mass is 9.98. The summed E-state index contributed by atoms with van der Waals surface area (Å²) in [6, 6.07) is 16.9. The zero-order chi connectivity index (χ0) is 18.5. The predicted molar refractivity (Wildman–Crippen MR) is 100 cm³/mol. The zero-order valence-electron chi connectivity index (χ0n) is 14.1. The van der Waals surface area contributed by atoms with Gasteiger partial charge in [-0.15, -0.1) is 0 Å². The van der Waals surface area contributed by atoms with E-state index in [0.29, 0.717) is 17.9 Å². The third-order valence-electron chi connectivity index (χ3n) is 4.31. The molecule has 1 atom stereocenters. The van der Waals surface area contributed by atoms with Crippen LogP contribution in [-0.4, -0.2) is 27.7 Å². The number of carbonyl (C=O) groups excluding carboxylic acids is 1. The van der Waals surface area contributed by atoms with E-state index in [-0.39, 0.29) is 24.8 Å². The predicted octanol–water partition coefficient (Wildman–Crippen LogP) is 4.27. The van der Waals surface area contributed by atoms with Gasteiger partial charge < -0.3 is 5.11 Å². The summed E-state index contributed by atoms with van der Waals surface area (Å²) in [7, 11) is 0. The largest absolute Gasteiger partial charge is 0.481 e. The van der Waals surface area contributed by atoms with Gasteiger partial charge in [0.15, 0.2) is 0 Å². The monoisotopic (exact) mass is 370 g/mol. The lowest BCUT2D eigenvalue weighted by molar-refractivity contribution is -0.137. The molecule has 3 rings (SSSR count). The normalized spacial score (nSPS) is 16.4. The fourth-order valence-electron chi connectivity index (χ4n) is 3.00. The molecule has 6 heteroatoms. The van der Waals surface area contributed by atoms with E-state index in [1.807, 2.05) is 42.5 Å². The van der Waals surface area contributed by atoms with Crippen LogP contribution in [-0.2, 0) is 9.59 Å². The summed E-state index contributed by atoms with van der Waals surface area (Å²) in [6.45, 7) is 0. The Labute approximate surface area is 156 Å². The molecule has 1 heterocycles. The van der Waals surface area contributed by atoms with Crippen LogP contribution in [0.4, 0.5) is 0 Å². The molecule has 1 unspecified atom stereocenters. The number of nitrogens with zero attached hydrogens (tertiary/aromatic N) is 2. The SMILES string of the molecule is O=C(O)CCCC(=O)N1N=C(c2ccccc2)CC1c1ccc(Cl)cc1. The highest BCUT2D eigenvalue weighted by molar-refractivity contribution is 6.30. The number of halogens is 1. The molecule has 0 spiro atoms. The average Bonchev–Trinajstić information content (AvgIpc) is 3.08. The van der Waals surface area contributed by atoms with Crippen molar-refractivity contribution in [3.63, 3.8) is 0 Å². The first-order valence-electron chi connectivity index (χ1n) is 8.47. The van der Waals surface area contributed by atoms with Crippen molar-refractivity contribution in [1.82, 2.24) is 5.01 Å². The Kier molecular flexibility index (Phi) is 5.68. The van der Waals surface area contributed by atoms with Gasteiger partial charge in [-0.25, -0.2) is 5.01 Å². The van der Waals surface area contributed by atoms with Crippen molar-refractivity contribution in [2.75, 3.05) is 0 Å². The number of carboxylic acid groups (broad SMARTS) is 1. The van der Waals surface area contributed by atoms with Gasteiger partial charge in [-0.05, 0) is 29.7 Å². The Morgan fingerprint density at radius 2 is 1.77 bits per heavy atom. The molecule has 0 fully saturated rings. The van der Waals surface area contributed by atoms with Crippen molar-refractivity contribution in [2.24, 2.45) is 5.10 Å². The minimum atomic E-state index is -0.901. The van der Waals surface area contributed by atoms with E-state index in [0.717, 1.165) is 16.8 Å². The van der Waals surface area contributed by atoms with Crippen LogP contribution in [0.5, 0.6) is 0 Å². The second-order valence-corrected chi connectivity index (χ2v) is 6.61. The van der Waals surface area contributed by atoms with Gasteiger partial charge in [-0.3, -0.25) is 9.59 Å². The highest BCUT2D eigenvalue weighted by Gasteiger charge is 2.32. The van der Waals surface area contributed by atoms with E-state index in [2.05, 4.69) is 5.10 Å². The second-order valence-electron chi connectivity index (χ2n) is 6.17. The first kappa shape index (κ1) is 18.1. The van der Waals surface area contributed by atoms with E-state index >= 15 is 0 Å². The summed E-state index contributed by atoms with van der Waals surface area (Å²) in [6.07, 6.45) is 1.03. The summed E-state index contributed by atoms with van der Waals surface area (Å²) >= 11 is 5.98. The van der Waals surface area contributed by atoms with Gasteiger partial charge in [-0.2, -0.15) is 5.10 Å². The molecule has 0 radical (unpaired) electrons. The highest BCUT2D eigenvalue weighted by Crippen LogP contribution is 2.33. The van der Waals surface area contributed by atoms with E-state index in [4.69, 9.17) is 16.7 Å². The molecule has 134 valence electrons.